The molecule has 2 atom stereocenters. The van der Waals surface area contributed by atoms with E-state index < -0.39 is 0 Å². The fourth-order valence-corrected chi connectivity index (χ4v) is 3.99. The molecule has 2 aromatic carbocycles. The van der Waals surface area contributed by atoms with E-state index in [2.05, 4.69) is 47.7 Å². The van der Waals surface area contributed by atoms with Crippen molar-refractivity contribution >= 4 is 23.4 Å². The molecule has 1 saturated heterocycles. The Labute approximate surface area is 178 Å². The summed E-state index contributed by atoms with van der Waals surface area (Å²) in [5, 5.41) is 3.89. The second-order valence-corrected chi connectivity index (χ2v) is 8.15. The summed E-state index contributed by atoms with van der Waals surface area (Å²) < 4.78 is 13.2. The van der Waals surface area contributed by atoms with Gasteiger partial charge in [0.1, 0.15) is 5.82 Å². The molecular weight excluding hydrogens is 385 g/mol. The summed E-state index contributed by atoms with van der Waals surface area (Å²) in [5.41, 5.74) is 4.21. The Bertz CT molecular complexity index is 878. The zero-order chi connectivity index (χ0) is 21.0. The van der Waals surface area contributed by atoms with Crippen LogP contribution in [0.15, 0.2) is 60.8 Å². The molecule has 1 aliphatic heterocycles. The molecule has 3 nitrogen and oxygen atoms in total. The highest BCUT2D eigenvalue weighted by molar-refractivity contribution is 6.30. The van der Waals surface area contributed by atoms with Crippen LogP contribution in [0.5, 0.6) is 0 Å². The van der Waals surface area contributed by atoms with E-state index in [0.29, 0.717) is 17.1 Å². The molecule has 3 rings (SSSR count). The number of rotatable bonds is 6. The Hall–Kier alpha value is -2.30. The van der Waals surface area contributed by atoms with Gasteiger partial charge in [-0.1, -0.05) is 42.5 Å². The third-order valence-corrected chi connectivity index (χ3v) is 5.76. The lowest BCUT2D eigenvalue weighted by atomic mass is 10.1. The van der Waals surface area contributed by atoms with Gasteiger partial charge in [0.25, 0.3) is 0 Å². The van der Waals surface area contributed by atoms with Gasteiger partial charge in [-0.25, -0.2) is 4.39 Å². The topological polar surface area (TPSA) is 18.5 Å². The van der Waals surface area contributed by atoms with Gasteiger partial charge in [0.2, 0.25) is 0 Å². The minimum absolute atomic E-state index is 0.190. The first-order chi connectivity index (χ1) is 13.9. The molecule has 1 aliphatic rings. The van der Waals surface area contributed by atoms with Crippen LogP contribution in [0.3, 0.4) is 0 Å². The molecule has 1 N–H and O–H groups in total. The molecule has 0 amide bonds. The molecule has 1 fully saturated rings. The Morgan fingerprint density at radius 1 is 1.17 bits per heavy atom. The SMILES string of the molecule is C=C(/C=C/c1ccc(Cl)cc1NC)N1C[C@H](C)N(Cc2ccc(F)cc2)C[C@H]1C. The van der Waals surface area contributed by atoms with E-state index in [1.165, 1.54) is 12.1 Å². The average Bonchev–Trinajstić information content (AvgIpc) is 2.70. The highest BCUT2D eigenvalue weighted by Gasteiger charge is 2.29. The zero-order valence-corrected chi connectivity index (χ0v) is 18.1. The van der Waals surface area contributed by atoms with Gasteiger partial charge in [-0.05, 0) is 55.3 Å². The Morgan fingerprint density at radius 3 is 2.59 bits per heavy atom. The Balaban J connectivity index is 1.65. The second-order valence-electron chi connectivity index (χ2n) is 7.71. The van der Waals surface area contributed by atoms with Gasteiger partial charge in [0, 0.05) is 55.2 Å². The largest absolute Gasteiger partial charge is 0.388 e. The maximum Gasteiger partial charge on any atom is 0.123 e. The summed E-state index contributed by atoms with van der Waals surface area (Å²) in [4.78, 5) is 4.81. The number of halogens is 2. The molecule has 0 spiro atoms. The molecule has 0 radical (unpaired) electrons. The van der Waals surface area contributed by atoms with Crippen LogP contribution in [-0.4, -0.2) is 42.0 Å². The van der Waals surface area contributed by atoms with Crippen molar-refractivity contribution in [2.24, 2.45) is 0 Å². The lowest BCUT2D eigenvalue weighted by Gasteiger charge is -2.45. The van der Waals surface area contributed by atoms with Crippen molar-refractivity contribution in [3.63, 3.8) is 0 Å². The van der Waals surface area contributed by atoms with Crippen molar-refractivity contribution in [2.75, 3.05) is 25.5 Å². The summed E-state index contributed by atoms with van der Waals surface area (Å²) >= 11 is 6.08. The molecule has 0 saturated carbocycles. The fraction of sp³-hybridized carbons (Fsp3) is 0.333. The van der Waals surface area contributed by atoms with Gasteiger partial charge in [-0.2, -0.15) is 0 Å². The van der Waals surface area contributed by atoms with E-state index in [4.69, 9.17) is 11.6 Å². The number of benzene rings is 2. The predicted octanol–water partition coefficient (Wildman–Crippen LogP) is 5.64. The monoisotopic (exact) mass is 413 g/mol. The quantitative estimate of drug-likeness (QED) is 0.618. The molecule has 0 bridgehead atoms. The minimum Gasteiger partial charge on any atom is -0.388 e. The molecule has 5 heteroatoms. The van der Waals surface area contributed by atoms with Crippen LogP contribution in [-0.2, 0) is 6.54 Å². The highest BCUT2D eigenvalue weighted by Crippen LogP contribution is 2.25. The highest BCUT2D eigenvalue weighted by atomic mass is 35.5. The van der Waals surface area contributed by atoms with Crippen LogP contribution < -0.4 is 5.32 Å². The van der Waals surface area contributed by atoms with Crippen LogP contribution in [0, 0.1) is 5.82 Å². The van der Waals surface area contributed by atoms with E-state index in [1.54, 1.807) is 0 Å². The maximum absolute atomic E-state index is 13.2. The van der Waals surface area contributed by atoms with Crippen LogP contribution >= 0.6 is 11.6 Å². The molecule has 29 heavy (non-hydrogen) atoms. The smallest absolute Gasteiger partial charge is 0.123 e. The van der Waals surface area contributed by atoms with Gasteiger partial charge in [-0.15, -0.1) is 0 Å². The summed E-state index contributed by atoms with van der Waals surface area (Å²) in [6.07, 6.45) is 4.15. The molecule has 154 valence electrons. The normalized spacial score (nSPS) is 20.2. The Morgan fingerprint density at radius 2 is 1.90 bits per heavy atom. The molecule has 0 aromatic heterocycles. The lowest BCUT2D eigenvalue weighted by Crippen LogP contribution is -2.55. The number of nitrogens with one attached hydrogen (secondary N) is 1. The summed E-state index contributed by atoms with van der Waals surface area (Å²) in [7, 11) is 1.89. The van der Waals surface area contributed by atoms with Crippen molar-refractivity contribution in [3.05, 3.63) is 82.8 Å². The third kappa shape index (κ3) is 5.40. The second kappa shape index (κ2) is 9.47. The van der Waals surface area contributed by atoms with E-state index in [1.807, 2.05) is 37.4 Å². The minimum atomic E-state index is -0.190. The molecule has 2 aromatic rings. The molecule has 0 unspecified atom stereocenters. The van der Waals surface area contributed by atoms with Crippen molar-refractivity contribution < 1.29 is 4.39 Å². The van der Waals surface area contributed by atoms with Crippen molar-refractivity contribution in [1.82, 2.24) is 9.80 Å². The summed E-state index contributed by atoms with van der Waals surface area (Å²) in [5.74, 6) is -0.190. The number of hydrogen-bond donors (Lipinski definition) is 1. The first kappa shape index (κ1) is 21.4. The van der Waals surface area contributed by atoms with Gasteiger partial charge in [0.15, 0.2) is 0 Å². The fourth-order valence-electron chi connectivity index (χ4n) is 3.82. The lowest BCUT2D eigenvalue weighted by molar-refractivity contribution is 0.0619. The van der Waals surface area contributed by atoms with Gasteiger partial charge in [0.05, 0.1) is 0 Å². The van der Waals surface area contributed by atoms with E-state index in [-0.39, 0.29) is 5.82 Å². The van der Waals surface area contributed by atoms with Crippen LogP contribution in [0.2, 0.25) is 5.02 Å². The Kier molecular flexibility index (Phi) is 6.99. The molecule has 1 heterocycles. The number of nitrogens with zero attached hydrogens (tertiary/aromatic N) is 2. The van der Waals surface area contributed by atoms with Gasteiger partial charge < -0.3 is 10.2 Å². The van der Waals surface area contributed by atoms with Crippen molar-refractivity contribution in [1.29, 1.82) is 0 Å². The van der Waals surface area contributed by atoms with Crippen LogP contribution in [0.25, 0.3) is 6.08 Å². The maximum atomic E-state index is 13.2. The van der Waals surface area contributed by atoms with Gasteiger partial charge in [-0.3, -0.25) is 4.90 Å². The van der Waals surface area contributed by atoms with Crippen molar-refractivity contribution in [3.8, 4) is 0 Å². The first-order valence-electron chi connectivity index (χ1n) is 9.97. The number of piperazine rings is 1. The van der Waals surface area contributed by atoms with E-state index >= 15 is 0 Å². The van der Waals surface area contributed by atoms with Crippen LogP contribution in [0.4, 0.5) is 10.1 Å². The number of hydrogen-bond acceptors (Lipinski definition) is 3. The van der Waals surface area contributed by atoms with Crippen molar-refractivity contribution in [2.45, 2.75) is 32.5 Å². The standard InChI is InChI=1S/C24H29ClFN3/c1-17(5-8-21-9-10-22(25)13-24(21)27-4)29-15-18(2)28(14-19(29)3)16-20-6-11-23(26)12-7-20/h5-13,18-19,27H,1,14-16H2,2-4H3/b8-5+/t18-,19+/m0/s1. The predicted molar refractivity (Wildman–Crippen MR) is 122 cm³/mol. The van der Waals surface area contributed by atoms with E-state index in [9.17, 15) is 4.39 Å². The summed E-state index contributed by atoms with van der Waals surface area (Å²) in [6.45, 7) is 11.4. The number of allylic oxidation sites excluding steroid dienone is 1. The van der Waals surface area contributed by atoms with Crippen LogP contribution in [0.1, 0.15) is 25.0 Å². The van der Waals surface area contributed by atoms with Gasteiger partial charge >= 0.3 is 0 Å². The summed E-state index contributed by atoms with van der Waals surface area (Å²) in [6, 6.07) is 13.3. The molecular formula is C24H29ClFN3. The van der Waals surface area contributed by atoms with E-state index in [0.717, 1.165) is 42.1 Å². The number of anilines is 1. The third-order valence-electron chi connectivity index (χ3n) is 5.52. The zero-order valence-electron chi connectivity index (χ0n) is 17.3. The average molecular weight is 414 g/mol. The first-order valence-corrected chi connectivity index (χ1v) is 10.3. The molecule has 0 aliphatic carbocycles.